The van der Waals surface area contributed by atoms with Gasteiger partial charge in [-0.1, -0.05) is 37.3 Å². The molecule has 1 aromatic carbocycles. The standard InChI is InChI=1S/C26H35N5O2/c1-4-21-18-29(17-20-10-6-5-7-11-20)19(2)16-30(21)26-25-22(13-14-23(32)28(25)3)27-31(26)24-12-8-9-15-33-24/h5-7,10-11,13-14,19,21,24H,4,8-9,12,15-18H2,1-3H3/t19-,21+,24?/m1/s1. The minimum atomic E-state index is -0.0774. The van der Waals surface area contributed by atoms with Gasteiger partial charge in [0, 0.05) is 51.4 Å². The average Bonchev–Trinajstić information content (AvgIpc) is 3.24. The first-order valence-electron chi connectivity index (χ1n) is 12.3. The molecule has 0 bridgehead atoms. The van der Waals surface area contributed by atoms with Crippen molar-refractivity contribution in [3.8, 4) is 0 Å². The zero-order valence-electron chi connectivity index (χ0n) is 20.0. The first-order valence-corrected chi connectivity index (χ1v) is 12.3. The lowest BCUT2D eigenvalue weighted by Gasteiger charge is -2.46. The van der Waals surface area contributed by atoms with Crippen molar-refractivity contribution in [3.63, 3.8) is 0 Å². The third-order valence-electron chi connectivity index (χ3n) is 7.31. The van der Waals surface area contributed by atoms with Gasteiger partial charge in [-0.25, -0.2) is 4.68 Å². The van der Waals surface area contributed by atoms with Gasteiger partial charge < -0.3 is 14.2 Å². The minimum absolute atomic E-state index is 0.00308. The number of rotatable bonds is 5. The van der Waals surface area contributed by atoms with Crippen molar-refractivity contribution in [2.24, 2.45) is 7.05 Å². The van der Waals surface area contributed by atoms with Crippen LogP contribution in [0.25, 0.3) is 11.0 Å². The van der Waals surface area contributed by atoms with Crippen molar-refractivity contribution in [1.29, 1.82) is 0 Å². The second-order valence-electron chi connectivity index (χ2n) is 9.53. The van der Waals surface area contributed by atoms with E-state index >= 15 is 0 Å². The lowest BCUT2D eigenvalue weighted by molar-refractivity contribution is -0.0385. The molecule has 0 spiro atoms. The Balaban J connectivity index is 1.54. The molecule has 0 aliphatic carbocycles. The van der Waals surface area contributed by atoms with Crippen LogP contribution >= 0.6 is 0 Å². The number of piperazine rings is 1. The predicted octanol–water partition coefficient (Wildman–Crippen LogP) is 3.92. The van der Waals surface area contributed by atoms with Crippen LogP contribution in [0.2, 0.25) is 0 Å². The molecule has 5 rings (SSSR count). The van der Waals surface area contributed by atoms with Crippen LogP contribution in [0, 0.1) is 0 Å². The number of pyridine rings is 1. The lowest BCUT2D eigenvalue weighted by atomic mass is 10.0. The molecule has 2 fully saturated rings. The summed E-state index contributed by atoms with van der Waals surface area (Å²) in [5.74, 6) is 1.04. The number of aryl methyl sites for hydroxylation is 1. The maximum atomic E-state index is 12.6. The molecule has 33 heavy (non-hydrogen) atoms. The maximum Gasteiger partial charge on any atom is 0.250 e. The molecule has 2 saturated heterocycles. The average molecular weight is 450 g/mol. The summed E-state index contributed by atoms with van der Waals surface area (Å²) in [5, 5.41) is 4.97. The zero-order valence-corrected chi connectivity index (χ0v) is 20.0. The molecule has 0 N–H and O–H groups in total. The highest BCUT2D eigenvalue weighted by Gasteiger charge is 2.36. The molecule has 0 saturated carbocycles. The fourth-order valence-electron chi connectivity index (χ4n) is 5.37. The Morgan fingerprint density at radius 2 is 1.91 bits per heavy atom. The van der Waals surface area contributed by atoms with Crippen LogP contribution in [-0.4, -0.2) is 51.0 Å². The Morgan fingerprint density at radius 1 is 1.09 bits per heavy atom. The SMILES string of the molecule is CC[C@H]1CN(Cc2ccccc2)[C@H](C)CN1c1c2c(ccc(=O)n2C)nn1C1CCCCO1. The van der Waals surface area contributed by atoms with E-state index in [1.807, 2.05) is 13.1 Å². The Hall–Kier alpha value is -2.64. The number of fused-ring (bicyclic) bond motifs is 1. The number of nitrogens with zero attached hydrogens (tertiary/aromatic N) is 5. The van der Waals surface area contributed by atoms with Crippen molar-refractivity contribution in [1.82, 2.24) is 19.2 Å². The van der Waals surface area contributed by atoms with Gasteiger partial charge in [0.05, 0.1) is 0 Å². The summed E-state index contributed by atoms with van der Waals surface area (Å²) in [7, 11) is 1.86. The fraction of sp³-hybridized carbons (Fsp3) is 0.538. The van der Waals surface area contributed by atoms with Crippen molar-refractivity contribution >= 4 is 16.9 Å². The monoisotopic (exact) mass is 449 g/mol. The van der Waals surface area contributed by atoms with Gasteiger partial charge in [-0.05, 0) is 44.2 Å². The first kappa shape index (κ1) is 22.2. The van der Waals surface area contributed by atoms with Crippen LogP contribution in [0.3, 0.4) is 0 Å². The second kappa shape index (κ2) is 9.31. The Labute approximate surface area is 195 Å². The van der Waals surface area contributed by atoms with E-state index in [1.54, 1.807) is 10.6 Å². The maximum absolute atomic E-state index is 12.6. The van der Waals surface area contributed by atoms with E-state index in [0.717, 1.165) is 68.8 Å². The molecule has 2 aliphatic heterocycles. The molecular weight excluding hydrogens is 414 g/mol. The summed E-state index contributed by atoms with van der Waals surface area (Å²) >= 11 is 0. The van der Waals surface area contributed by atoms with Crippen molar-refractivity contribution in [3.05, 3.63) is 58.4 Å². The van der Waals surface area contributed by atoms with E-state index < -0.39 is 0 Å². The smallest absolute Gasteiger partial charge is 0.250 e. The summed E-state index contributed by atoms with van der Waals surface area (Å²) in [6.45, 7) is 8.15. The number of benzene rings is 1. The number of hydrogen-bond donors (Lipinski definition) is 0. The van der Waals surface area contributed by atoms with E-state index in [4.69, 9.17) is 9.84 Å². The van der Waals surface area contributed by atoms with E-state index in [1.165, 1.54) is 5.56 Å². The van der Waals surface area contributed by atoms with E-state index in [-0.39, 0.29) is 11.8 Å². The van der Waals surface area contributed by atoms with Gasteiger partial charge in [0.1, 0.15) is 11.0 Å². The van der Waals surface area contributed by atoms with Gasteiger partial charge >= 0.3 is 0 Å². The van der Waals surface area contributed by atoms with Crippen LogP contribution < -0.4 is 10.5 Å². The van der Waals surface area contributed by atoms with Crippen LogP contribution in [0.1, 0.15) is 51.3 Å². The number of ether oxygens (including phenoxy) is 1. The predicted molar refractivity (Wildman–Crippen MR) is 132 cm³/mol. The fourth-order valence-corrected chi connectivity index (χ4v) is 5.37. The lowest BCUT2D eigenvalue weighted by Crippen LogP contribution is -2.57. The third-order valence-corrected chi connectivity index (χ3v) is 7.31. The number of aromatic nitrogens is 3. The quantitative estimate of drug-likeness (QED) is 0.591. The van der Waals surface area contributed by atoms with Crippen molar-refractivity contribution < 1.29 is 4.74 Å². The molecule has 176 valence electrons. The highest BCUT2D eigenvalue weighted by molar-refractivity contribution is 5.87. The first-order chi connectivity index (χ1) is 16.1. The molecule has 2 aliphatic rings. The van der Waals surface area contributed by atoms with Gasteiger partial charge in [0.2, 0.25) is 0 Å². The van der Waals surface area contributed by atoms with E-state index in [9.17, 15) is 4.79 Å². The summed E-state index contributed by atoms with van der Waals surface area (Å²) in [6, 6.07) is 14.9. The molecule has 3 aromatic rings. The van der Waals surface area contributed by atoms with Crippen molar-refractivity contribution in [2.45, 2.75) is 64.4 Å². The van der Waals surface area contributed by atoms with Gasteiger partial charge in [0.15, 0.2) is 12.0 Å². The molecule has 1 unspecified atom stereocenters. The van der Waals surface area contributed by atoms with Gasteiger partial charge in [-0.15, -0.1) is 0 Å². The Morgan fingerprint density at radius 3 is 2.64 bits per heavy atom. The Bertz CT molecular complexity index is 1150. The molecule has 7 heteroatoms. The van der Waals surface area contributed by atoms with E-state index in [0.29, 0.717) is 12.1 Å². The largest absolute Gasteiger partial charge is 0.356 e. The number of hydrogen-bond acceptors (Lipinski definition) is 5. The van der Waals surface area contributed by atoms with Gasteiger partial charge in [0.25, 0.3) is 5.56 Å². The van der Waals surface area contributed by atoms with Crippen molar-refractivity contribution in [2.75, 3.05) is 24.6 Å². The highest BCUT2D eigenvalue weighted by Crippen LogP contribution is 2.36. The Kier molecular flexibility index (Phi) is 6.25. The van der Waals surface area contributed by atoms with Crippen LogP contribution in [0.4, 0.5) is 5.82 Å². The summed E-state index contributed by atoms with van der Waals surface area (Å²) in [4.78, 5) is 17.7. The van der Waals surface area contributed by atoms with Gasteiger partial charge in [-0.3, -0.25) is 9.69 Å². The van der Waals surface area contributed by atoms with Crippen LogP contribution in [0.15, 0.2) is 47.3 Å². The normalized spacial score (nSPS) is 24.5. The van der Waals surface area contributed by atoms with E-state index in [2.05, 4.69) is 58.7 Å². The molecule has 2 aromatic heterocycles. The number of anilines is 1. The zero-order chi connectivity index (χ0) is 22.9. The van der Waals surface area contributed by atoms with Crippen LogP contribution in [-0.2, 0) is 18.3 Å². The molecule has 4 heterocycles. The second-order valence-corrected chi connectivity index (χ2v) is 9.53. The molecular formula is C26H35N5O2. The summed E-state index contributed by atoms with van der Waals surface area (Å²) in [6.07, 6.45) is 4.13. The topological polar surface area (TPSA) is 55.5 Å². The molecule has 0 amide bonds. The molecule has 7 nitrogen and oxygen atoms in total. The highest BCUT2D eigenvalue weighted by atomic mass is 16.5. The van der Waals surface area contributed by atoms with Gasteiger partial charge in [-0.2, -0.15) is 5.10 Å². The summed E-state index contributed by atoms with van der Waals surface area (Å²) < 4.78 is 10.00. The summed E-state index contributed by atoms with van der Waals surface area (Å²) in [5.41, 5.74) is 3.12. The minimum Gasteiger partial charge on any atom is -0.356 e. The molecule has 0 radical (unpaired) electrons. The molecule has 3 atom stereocenters. The van der Waals surface area contributed by atoms with Crippen LogP contribution in [0.5, 0.6) is 0 Å². The third kappa shape index (κ3) is 4.20.